The largest absolute Gasteiger partial charge is 0.497 e. The summed E-state index contributed by atoms with van der Waals surface area (Å²) in [4.78, 5) is 22.0. The first kappa shape index (κ1) is 20.1. The van der Waals surface area contributed by atoms with Gasteiger partial charge in [-0.1, -0.05) is 36.4 Å². The van der Waals surface area contributed by atoms with Gasteiger partial charge in [-0.25, -0.2) is 4.99 Å². The maximum Gasteiger partial charge on any atom is 0.227 e. The molecule has 0 aromatic heterocycles. The molecule has 6 heteroatoms. The molecule has 0 unspecified atom stereocenters. The van der Waals surface area contributed by atoms with E-state index in [0.717, 1.165) is 53.0 Å². The van der Waals surface area contributed by atoms with Crippen molar-refractivity contribution < 1.29 is 14.3 Å². The second-order valence-corrected chi connectivity index (χ2v) is 7.90. The minimum Gasteiger partial charge on any atom is -0.497 e. The summed E-state index contributed by atoms with van der Waals surface area (Å²) in [5.74, 6) is 3.35. The van der Waals surface area contributed by atoms with E-state index in [-0.39, 0.29) is 5.91 Å². The predicted molar refractivity (Wildman–Crippen MR) is 124 cm³/mol. The van der Waals surface area contributed by atoms with Gasteiger partial charge in [0.05, 0.1) is 19.1 Å². The van der Waals surface area contributed by atoms with Crippen molar-refractivity contribution >= 4 is 17.4 Å². The molecule has 0 aliphatic carbocycles. The Labute approximate surface area is 187 Å². The number of hydrogen-bond donors (Lipinski definition) is 0. The number of amides is 1. The zero-order valence-corrected chi connectivity index (χ0v) is 18.0. The number of carbonyl (C=O) groups excluding carboxylic acids is 1. The van der Waals surface area contributed by atoms with Crippen LogP contribution in [0.25, 0.3) is 0 Å². The van der Waals surface area contributed by atoms with E-state index in [2.05, 4.69) is 4.90 Å². The van der Waals surface area contributed by atoms with Crippen LogP contribution in [0.15, 0.2) is 77.8 Å². The Bertz CT molecular complexity index is 1170. The second-order valence-electron chi connectivity index (χ2n) is 7.90. The zero-order chi connectivity index (χ0) is 21.9. The Morgan fingerprint density at radius 2 is 1.69 bits per heavy atom. The van der Waals surface area contributed by atoms with Gasteiger partial charge in [-0.2, -0.15) is 0 Å². The van der Waals surface area contributed by atoms with Gasteiger partial charge in [-0.3, -0.25) is 4.79 Å². The molecule has 0 spiro atoms. The molecule has 1 amide bonds. The van der Waals surface area contributed by atoms with Gasteiger partial charge in [0.15, 0.2) is 5.75 Å². The monoisotopic (exact) mass is 427 g/mol. The first-order chi connectivity index (χ1) is 15.7. The van der Waals surface area contributed by atoms with Crippen molar-refractivity contribution in [3.8, 4) is 17.2 Å². The van der Waals surface area contributed by atoms with Gasteiger partial charge in [0.1, 0.15) is 23.0 Å². The topological polar surface area (TPSA) is 54.4 Å². The third kappa shape index (κ3) is 4.04. The number of amidine groups is 1. The first-order valence-electron chi connectivity index (χ1n) is 10.8. The number of carbonyl (C=O) groups is 1. The van der Waals surface area contributed by atoms with E-state index in [1.165, 1.54) is 0 Å². The average Bonchev–Trinajstić information content (AvgIpc) is 3.01. The third-order valence-electron chi connectivity index (χ3n) is 5.86. The molecule has 3 aromatic carbocycles. The summed E-state index contributed by atoms with van der Waals surface area (Å²) in [6.07, 6.45) is 0.377. The Morgan fingerprint density at radius 1 is 0.938 bits per heavy atom. The first-order valence-corrected chi connectivity index (χ1v) is 10.8. The summed E-state index contributed by atoms with van der Waals surface area (Å²) >= 11 is 0. The standard InChI is InChI=1S/C26H25N3O3/c1-31-20-8-6-7-19(17-20)18-25(30)28-13-15-29(16-14-28)26-21-9-2-4-11-23(21)32-24-12-5-3-10-22(24)27-26/h2-12,17H,13-16,18H2,1H3. The minimum absolute atomic E-state index is 0.134. The highest BCUT2D eigenvalue weighted by Gasteiger charge is 2.27. The van der Waals surface area contributed by atoms with E-state index in [1.807, 2.05) is 77.7 Å². The number of piperazine rings is 1. The molecule has 0 bridgehead atoms. The lowest BCUT2D eigenvalue weighted by Gasteiger charge is -2.36. The van der Waals surface area contributed by atoms with Crippen LogP contribution in [0, 0.1) is 0 Å². The Morgan fingerprint density at radius 3 is 2.50 bits per heavy atom. The summed E-state index contributed by atoms with van der Waals surface area (Å²) in [7, 11) is 1.64. The number of methoxy groups -OCH3 is 1. The molecule has 0 radical (unpaired) electrons. The van der Waals surface area contributed by atoms with Gasteiger partial charge >= 0.3 is 0 Å². The number of fused-ring (bicyclic) bond motifs is 2. The number of ether oxygens (including phenoxy) is 2. The van der Waals surface area contributed by atoms with Crippen LogP contribution in [0.4, 0.5) is 5.69 Å². The smallest absolute Gasteiger partial charge is 0.227 e. The Hall–Kier alpha value is -3.80. The Balaban J connectivity index is 1.32. The number of benzene rings is 3. The van der Waals surface area contributed by atoms with E-state index in [9.17, 15) is 4.79 Å². The van der Waals surface area contributed by atoms with Crippen LogP contribution in [0.1, 0.15) is 11.1 Å². The molecule has 162 valence electrons. The van der Waals surface area contributed by atoms with Crippen LogP contribution in [-0.2, 0) is 11.2 Å². The second kappa shape index (κ2) is 8.75. The SMILES string of the molecule is COc1cccc(CC(=O)N2CCN(C3=Nc4ccccc4Oc4ccccc43)CC2)c1. The number of aliphatic imine (C=N–C) groups is 1. The molecule has 0 atom stereocenters. The molecule has 3 aromatic rings. The fraction of sp³-hybridized carbons (Fsp3) is 0.231. The molecular weight excluding hydrogens is 402 g/mol. The van der Waals surface area contributed by atoms with Crippen LogP contribution < -0.4 is 9.47 Å². The van der Waals surface area contributed by atoms with Gasteiger partial charge in [-0.15, -0.1) is 0 Å². The molecule has 32 heavy (non-hydrogen) atoms. The summed E-state index contributed by atoms with van der Waals surface area (Å²) in [5, 5.41) is 0. The molecule has 1 fully saturated rings. The highest BCUT2D eigenvalue weighted by atomic mass is 16.5. The van der Waals surface area contributed by atoms with Crippen molar-refractivity contribution in [3.05, 3.63) is 83.9 Å². The maximum atomic E-state index is 12.9. The molecule has 5 rings (SSSR count). The average molecular weight is 428 g/mol. The van der Waals surface area contributed by atoms with Crippen LogP contribution in [0.3, 0.4) is 0 Å². The molecule has 2 heterocycles. The number of nitrogens with zero attached hydrogens (tertiary/aromatic N) is 3. The summed E-state index contributed by atoms with van der Waals surface area (Å²) in [6, 6.07) is 23.5. The number of hydrogen-bond acceptors (Lipinski definition) is 5. The van der Waals surface area contributed by atoms with Crippen LogP contribution >= 0.6 is 0 Å². The highest BCUT2D eigenvalue weighted by molar-refractivity contribution is 6.03. The van der Waals surface area contributed by atoms with E-state index >= 15 is 0 Å². The summed E-state index contributed by atoms with van der Waals surface area (Å²) in [5.41, 5.74) is 2.75. The van der Waals surface area contributed by atoms with E-state index < -0.39 is 0 Å². The van der Waals surface area contributed by atoms with E-state index in [4.69, 9.17) is 14.5 Å². The fourth-order valence-corrected chi connectivity index (χ4v) is 4.15. The van der Waals surface area contributed by atoms with Crippen molar-refractivity contribution in [1.29, 1.82) is 0 Å². The molecule has 1 saturated heterocycles. The lowest BCUT2D eigenvalue weighted by atomic mass is 10.1. The van der Waals surface area contributed by atoms with Crippen LogP contribution in [0.5, 0.6) is 17.2 Å². The summed E-state index contributed by atoms with van der Waals surface area (Å²) in [6.45, 7) is 2.76. The molecule has 2 aliphatic rings. The van der Waals surface area contributed by atoms with Crippen molar-refractivity contribution in [2.24, 2.45) is 4.99 Å². The van der Waals surface area contributed by atoms with Crippen molar-refractivity contribution in [1.82, 2.24) is 9.80 Å². The maximum absolute atomic E-state index is 12.9. The number of para-hydroxylation sites is 3. The summed E-state index contributed by atoms with van der Waals surface area (Å²) < 4.78 is 11.4. The van der Waals surface area contributed by atoms with E-state index in [1.54, 1.807) is 7.11 Å². The number of rotatable bonds is 3. The van der Waals surface area contributed by atoms with Gasteiger partial charge in [0, 0.05) is 26.2 Å². The van der Waals surface area contributed by atoms with Crippen LogP contribution in [-0.4, -0.2) is 54.8 Å². The van der Waals surface area contributed by atoms with Gasteiger partial charge in [0.25, 0.3) is 0 Å². The fourth-order valence-electron chi connectivity index (χ4n) is 4.15. The normalized spacial score (nSPS) is 15.1. The van der Waals surface area contributed by atoms with Gasteiger partial charge in [0.2, 0.25) is 5.91 Å². The molecule has 0 saturated carbocycles. The lowest BCUT2D eigenvalue weighted by molar-refractivity contribution is -0.131. The quantitative estimate of drug-likeness (QED) is 0.627. The van der Waals surface area contributed by atoms with Crippen LogP contribution in [0.2, 0.25) is 0 Å². The predicted octanol–water partition coefficient (Wildman–Crippen LogP) is 4.27. The minimum atomic E-state index is 0.134. The molecule has 0 N–H and O–H groups in total. The molecule has 6 nitrogen and oxygen atoms in total. The van der Waals surface area contributed by atoms with Gasteiger partial charge < -0.3 is 19.3 Å². The Kier molecular flexibility index (Phi) is 5.50. The zero-order valence-electron chi connectivity index (χ0n) is 18.0. The van der Waals surface area contributed by atoms with E-state index in [0.29, 0.717) is 19.5 Å². The lowest BCUT2D eigenvalue weighted by Crippen LogP contribution is -2.51. The van der Waals surface area contributed by atoms with Gasteiger partial charge in [-0.05, 0) is 42.0 Å². The molecule has 2 aliphatic heterocycles. The van der Waals surface area contributed by atoms with Crippen molar-refractivity contribution in [2.75, 3.05) is 33.3 Å². The third-order valence-corrected chi connectivity index (χ3v) is 5.86. The highest BCUT2D eigenvalue weighted by Crippen LogP contribution is 2.37. The van der Waals surface area contributed by atoms with Crippen molar-refractivity contribution in [3.63, 3.8) is 0 Å². The van der Waals surface area contributed by atoms with Crippen molar-refractivity contribution in [2.45, 2.75) is 6.42 Å². The molecular formula is C26H25N3O3.